The van der Waals surface area contributed by atoms with Crippen LogP contribution in [0.1, 0.15) is 48.1 Å². The van der Waals surface area contributed by atoms with Crippen molar-refractivity contribution in [1.82, 2.24) is 25.1 Å². The van der Waals surface area contributed by atoms with Gasteiger partial charge in [-0.25, -0.2) is 9.97 Å². The third-order valence-corrected chi connectivity index (χ3v) is 5.04. The molecule has 0 saturated heterocycles. The Morgan fingerprint density at radius 2 is 2.07 bits per heavy atom. The number of aryl methyl sites for hydroxylation is 1. The number of hydrogen-bond donors (Lipinski definition) is 2. The van der Waals surface area contributed by atoms with Crippen molar-refractivity contribution < 1.29 is 4.79 Å². The van der Waals surface area contributed by atoms with E-state index in [0.717, 1.165) is 22.5 Å². The number of amides is 1. The van der Waals surface area contributed by atoms with Crippen LogP contribution in [0.2, 0.25) is 0 Å². The zero-order valence-electron chi connectivity index (χ0n) is 17.0. The predicted octanol–water partition coefficient (Wildman–Crippen LogP) is 3.76. The van der Waals surface area contributed by atoms with E-state index >= 15 is 0 Å². The average molecular weight is 401 g/mol. The smallest absolute Gasteiger partial charge is 0.252 e. The van der Waals surface area contributed by atoms with Crippen molar-refractivity contribution in [3.63, 3.8) is 0 Å². The van der Waals surface area contributed by atoms with Crippen molar-refractivity contribution in [3.05, 3.63) is 54.0 Å². The fourth-order valence-corrected chi connectivity index (χ4v) is 3.11. The molecule has 1 aromatic carbocycles. The minimum absolute atomic E-state index is 0.260. The summed E-state index contributed by atoms with van der Waals surface area (Å²) in [4.78, 5) is 21.3. The lowest BCUT2D eigenvalue weighted by atomic mass is 10.1. The Hall–Kier alpha value is -3.73. The van der Waals surface area contributed by atoms with Crippen molar-refractivity contribution in [1.29, 1.82) is 5.26 Å². The molecule has 0 unspecified atom stereocenters. The molecule has 1 aliphatic rings. The van der Waals surface area contributed by atoms with Crippen LogP contribution in [0.25, 0.3) is 11.3 Å². The summed E-state index contributed by atoms with van der Waals surface area (Å²) < 4.78 is 1.97. The second kappa shape index (κ2) is 8.33. The summed E-state index contributed by atoms with van der Waals surface area (Å²) in [5, 5.41) is 19.3. The number of hydrogen-bond acceptors (Lipinski definition) is 6. The quantitative estimate of drug-likeness (QED) is 0.624. The second-order valence-corrected chi connectivity index (χ2v) is 7.43. The second-order valence-electron chi connectivity index (χ2n) is 7.43. The van der Waals surface area contributed by atoms with Crippen LogP contribution in [0.15, 0.2) is 42.9 Å². The maximum absolute atomic E-state index is 12.3. The number of anilines is 2. The number of nitrogens with one attached hydrogen (secondary N) is 2. The summed E-state index contributed by atoms with van der Waals surface area (Å²) in [6.07, 6.45) is 8.44. The van der Waals surface area contributed by atoms with Gasteiger partial charge < -0.3 is 10.6 Å². The number of nitriles is 1. The Morgan fingerprint density at radius 3 is 2.73 bits per heavy atom. The van der Waals surface area contributed by atoms with Gasteiger partial charge in [-0.15, -0.1) is 0 Å². The molecule has 3 aromatic rings. The fraction of sp³-hybridized carbons (Fsp3) is 0.318. The Bertz CT molecular complexity index is 1090. The SMILES string of the molecule is CC[C@@H](C#N)NC(=O)c1ccc(-c2nc(Nc3cnn(C4CC4)c3)ncc2C)cc1. The molecule has 1 fully saturated rings. The molecule has 2 N–H and O–H groups in total. The first-order valence-corrected chi connectivity index (χ1v) is 10.0. The highest BCUT2D eigenvalue weighted by molar-refractivity contribution is 5.95. The molecule has 2 aromatic heterocycles. The number of carbonyl (C=O) groups is 1. The standard InChI is InChI=1S/C22H23N7O/c1-3-17(10-23)26-21(30)16-6-4-15(5-7-16)20-14(2)11-24-22(28-20)27-18-12-25-29(13-18)19-8-9-19/h4-7,11-13,17,19H,3,8-9H2,1-2H3,(H,26,30)(H,24,27,28)/t17-/m0/s1. The first kappa shape index (κ1) is 19.6. The van der Waals surface area contributed by atoms with Gasteiger partial charge in [-0.1, -0.05) is 19.1 Å². The molecular formula is C22H23N7O. The van der Waals surface area contributed by atoms with E-state index in [4.69, 9.17) is 5.26 Å². The molecule has 1 aliphatic carbocycles. The van der Waals surface area contributed by atoms with Crippen molar-refractivity contribution >= 4 is 17.5 Å². The van der Waals surface area contributed by atoms with Crippen LogP contribution in [0.4, 0.5) is 11.6 Å². The van der Waals surface area contributed by atoms with E-state index in [1.165, 1.54) is 12.8 Å². The van der Waals surface area contributed by atoms with Crippen molar-refractivity contribution in [2.24, 2.45) is 0 Å². The van der Waals surface area contributed by atoms with Crippen LogP contribution in [-0.4, -0.2) is 31.7 Å². The summed E-state index contributed by atoms with van der Waals surface area (Å²) in [5.41, 5.74) is 3.96. The molecule has 8 nitrogen and oxygen atoms in total. The number of rotatable bonds is 7. The molecule has 0 spiro atoms. The fourth-order valence-electron chi connectivity index (χ4n) is 3.11. The van der Waals surface area contributed by atoms with E-state index in [1.54, 1.807) is 24.5 Å². The molecule has 0 bridgehead atoms. The summed E-state index contributed by atoms with van der Waals surface area (Å²) in [5.74, 6) is 0.233. The Balaban J connectivity index is 1.50. The van der Waals surface area contributed by atoms with Crippen LogP contribution >= 0.6 is 0 Å². The van der Waals surface area contributed by atoms with E-state index in [9.17, 15) is 4.79 Å². The topological polar surface area (TPSA) is 109 Å². The molecule has 0 aliphatic heterocycles. The van der Waals surface area contributed by atoms with Gasteiger partial charge in [-0.2, -0.15) is 10.4 Å². The van der Waals surface area contributed by atoms with Crippen LogP contribution in [0.5, 0.6) is 0 Å². The Morgan fingerprint density at radius 1 is 1.30 bits per heavy atom. The summed E-state index contributed by atoms with van der Waals surface area (Å²) in [6, 6.07) is 9.29. The number of nitrogens with zero attached hydrogens (tertiary/aromatic N) is 5. The van der Waals surface area contributed by atoms with Crippen LogP contribution in [-0.2, 0) is 0 Å². The minimum atomic E-state index is -0.487. The molecule has 1 amide bonds. The first-order chi connectivity index (χ1) is 14.6. The molecule has 1 atom stereocenters. The molecular weight excluding hydrogens is 378 g/mol. The molecule has 8 heteroatoms. The monoisotopic (exact) mass is 401 g/mol. The van der Waals surface area contributed by atoms with Crippen molar-refractivity contribution in [2.45, 2.75) is 45.2 Å². The largest absolute Gasteiger partial charge is 0.336 e. The normalized spacial score (nSPS) is 14.0. The van der Waals surface area contributed by atoms with Crippen molar-refractivity contribution in [3.8, 4) is 17.3 Å². The lowest BCUT2D eigenvalue weighted by Gasteiger charge is -2.11. The maximum atomic E-state index is 12.3. The van der Waals surface area contributed by atoms with E-state index in [-0.39, 0.29) is 5.91 Å². The van der Waals surface area contributed by atoms with Gasteiger partial charge in [0.05, 0.1) is 29.7 Å². The van der Waals surface area contributed by atoms with Gasteiger partial charge in [0, 0.05) is 23.5 Å². The Labute approximate surface area is 175 Å². The minimum Gasteiger partial charge on any atom is -0.336 e. The zero-order valence-corrected chi connectivity index (χ0v) is 17.0. The molecule has 30 heavy (non-hydrogen) atoms. The molecule has 2 heterocycles. The third kappa shape index (κ3) is 4.30. The van der Waals surface area contributed by atoms with Gasteiger partial charge in [-0.05, 0) is 43.9 Å². The molecule has 4 rings (SSSR count). The Kier molecular flexibility index (Phi) is 5.44. The third-order valence-electron chi connectivity index (χ3n) is 5.04. The lowest BCUT2D eigenvalue weighted by Crippen LogP contribution is -2.33. The van der Waals surface area contributed by atoms with Crippen LogP contribution < -0.4 is 10.6 Å². The highest BCUT2D eigenvalue weighted by Crippen LogP contribution is 2.34. The van der Waals surface area contributed by atoms with E-state index < -0.39 is 6.04 Å². The molecule has 0 radical (unpaired) electrons. The van der Waals surface area contributed by atoms with Gasteiger partial charge in [0.25, 0.3) is 5.91 Å². The molecule has 152 valence electrons. The van der Waals surface area contributed by atoms with E-state index in [2.05, 4.69) is 31.8 Å². The average Bonchev–Trinajstić information content (AvgIpc) is 3.52. The lowest BCUT2D eigenvalue weighted by molar-refractivity contribution is 0.0944. The maximum Gasteiger partial charge on any atom is 0.252 e. The summed E-state index contributed by atoms with van der Waals surface area (Å²) in [6.45, 7) is 3.81. The highest BCUT2D eigenvalue weighted by Gasteiger charge is 2.24. The summed E-state index contributed by atoms with van der Waals surface area (Å²) >= 11 is 0. The predicted molar refractivity (Wildman–Crippen MR) is 113 cm³/mol. The van der Waals surface area contributed by atoms with Crippen LogP contribution in [0.3, 0.4) is 0 Å². The van der Waals surface area contributed by atoms with Gasteiger partial charge in [0.15, 0.2) is 0 Å². The van der Waals surface area contributed by atoms with Gasteiger partial charge in [0.1, 0.15) is 6.04 Å². The van der Waals surface area contributed by atoms with E-state index in [1.807, 2.05) is 36.9 Å². The zero-order chi connectivity index (χ0) is 21.1. The van der Waals surface area contributed by atoms with Gasteiger partial charge >= 0.3 is 0 Å². The first-order valence-electron chi connectivity index (χ1n) is 10.0. The number of aromatic nitrogens is 4. The van der Waals surface area contributed by atoms with Gasteiger partial charge in [-0.3, -0.25) is 9.48 Å². The van der Waals surface area contributed by atoms with Crippen LogP contribution in [0, 0.1) is 18.3 Å². The summed E-state index contributed by atoms with van der Waals surface area (Å²) in [7, 11) is 0. The van der Waals surface area contributed by atoms with Crippen molar-refractivity contribution in [2.75, 3.05) is 5.32 Å². The van der Waals surface area contributed by atoms with Gasteiger partial charge in [0.2, 0.25) is 5.95 Å². The van der Waals surface area contributed by atoms with E-state index in [0.29, 0.717) is 24.0 Å². The number of benzene rings is 1. The number of carbonyl (C=O) groups excluding carboxylic acids is 1. The molecule has 1 saturated carbocycles. The highest BCUT2D eigenvalue weighted by atomic mass is 16.1.